The fourth-order valence-electron chi connectivity index (χ4n) is 2.50. The topological polar surface area (TPSA) is 92.7 Å². The SMILES string of the molecule is CC(C)N1CCN(C(=O)c2cc(N)ccc2[N+](=O)[O-])CC1. The van der Waals surface area contributed by atoms with Gasteiger partial charge in [-0.05, 0) is 26.0 Å². The number of nitro groups is 1. The molecule has 0 saturated carbocycles. The number of piperazine rings is 1. The lowest BCUT2D eigenvalue weighted by molar-refractivity contribution is -0.385. The van der Waals surface area contributed by atoms with E-state index >= 15 is 0 Å². The Balaban J connectivity index is 2.18. The molecule has 0 aromatic heterocycles. The standard InChI is InChI=1S/C14H20N4O3/c1-10(2)16-5-7-17(8-6-16)14(19)12-9-11(15)3-4-13(12)18(20)21/h3-4,9-10H,5-8,15H2,1-2H3. The summed E-state index contributed by atoms with van der Waals surface area (Å²) in [6.45, 7) is 6.92. The van der Waals surface area contributed by atoms with E-state index in [1.54, 1.807) is 4.90 Å². The molecule has 7 nitrogen and oxygen atoms in total. The monoisotopic (exact) mass is 292 g/mol. The van der Waals surface area contributed by atoms with Crippen LogP contribution in [-0.2, 0) is 0 Å². The number of hydrogen-bond acceptors (Lipinski definition) is 5. The number of hydrogen-bond donors (Lipinski definition) is 1. The van der Waals surface area contributed by atoms with Gasteiger partial charge in [0.25, 0.3) is 11.6 Å². The number of nitrogens with zero attached hydrogens (tertiary/aromatic N) is 3. The molecular formula is C14H20N4O3. The molecule has 0 aliphatic carbocycles. The lowest BCUT2D eigenvalue weighted by atomic mass is 10.1. The number of carbonyl (C=O) groups is 1. The van der Waals surface area contributed by atoms with Crippen LogP contribution < -0.4 is 5.73 Å². The summed E-state index contributed by atoms with van der Waals surface area (Å²) >= 11 is 0. The third-order valence-corrected chi connectivity index (χ3v) is 3.78. The second-order valence-corrected chi connectivity index (χ2v) is 5.46. The van der Waals surface area contributed by atoms with Crippen molar-refractivity contribution in [2.45, 2.75) is 19.9 Å². The minimum atomic E-state index is -0.545. The third-order valence-electron chi connectivity index (χ3n) is 3.78. The molecule has 1 aliphatic heterocycles. The zero-order valence-electron chi connectivity index (χ0n) is 12.3. The number of rotatable bonds is 3. The summed E-state index contributed by atoms with van der Waals surface area (Å²) in [6, 6.07) is 4.54. The van der Waals surface area contributed by atoms with E-state index in [9.17, 15) is 14.9 Å². The molecule has 0 atom stereocenters. The lowest BCUT2D eigenvalue weighted by Crippen LogP contribution is -2.50. The fourth-order valence-corrected chi connectivity index (χ4v) is 2.50. The second kappa shape index (κ2) is 6.09. The zero-order valence-corrected chi connectivity index (χ0v) is 12.3. The minimum absolute atomic E-state index is 0.0676. The molecule has 1 heterocycles. The predicted octanol–water partition coefficient (Wildman–Crippen LogP) is 1.34. The van der Waals surface area contributed by atoms with Gasteiger partial charge >= 0.3 is 0 Å². The van der Waals surface area contributed by atoms with Crippen molar-refractivity contribution in [1.82, 2.24) is 9.80 Å². The van der Waals surface area contributed by atoms with Crippen LogP contribution in [0.5, 0.6) is 0 Å². The van der Waals surface area contributed by atoms with Crippen molar-refractivity contribution in [2.75, 3.05) is 31.9 Å². The molecule has 1 aliphatic rings. The van der Waals surface area contributed by atoms with Gasteiger partial charge in [-0.25, -0.2) is 0 Å². The smallest absolute Gasteiger partial charge is 0.282 e. The van der Waals surface area contributed by atoms with Crippen molar-refractivity contribution in [1.29, 1.82) is 0 Å². The lowest BCUT2D eigenvalue weighted by Gasteiger charge is -2.36. The molecule has 114 valence electrons. The number of nitro benzene ring substituents is 1. The summed E-state index contributed by atoms with van der Waals surface area (Å²) < 4.78 is 0. The maximum atomic E-state index is 12.5. The second-order valence-electron chi connectivity index (χ2n) is 5.46. The van der Waals surface area contributed by atoms with Crippen molar-refractivity contribution in [3.05, 3.63) is 33.9 Å². The van der Waals surface area contributed by atoms with Crippen molar-refractivity contribution in [2.24, 2.45) is 0 Å². The highest BCUT2D eigenvalue weighted by atomic mass is 16.6. The molecule has 1 fully saturated rings. The van der Waals surface area contributed by atoms with E-state index in [0.717, 1.165) is 13.1 Å². The molecule has 2 rings (SSSR count). The predicted molar refractivity (Wildman–Crippen MR) is 80.1 cm³/mol. The Hall–Kier alpha value is -2.15. The zero-order chi connectivity index (χ0) is 15.6. The first-order valence-electron chi connectivity index (χ1n) is 6.97. The van der Waals surface area contributed by atoms with Crippen LogP contribution in [0, 0.1) is 10.1 Å². The number of nitrogen functional groups attached to an aromatic ring is 1. The van der Waals surface area contributed by atoms with E-state index in [1.165, 1.54) is 18.2 Å². The summed E-state index contributed by atoms with van der Waals surface area (Å²) in [4.78, 5) is 26.9. The molecule has 1 saturated heterocycles. The molecule has 7 heteroatoms. The highest BCUT2D eigenvalue weighted by Crippen LogP contribution is 2.23. The van der Waals surface area contributed by atoms with Crippen molar-refractivity contribution < 1.29 is 9.72 Å². The van der Waals surface area contributed by atoms with Gasteiger partial charge in [-0.3, -0.25) is 19.8 Å². The van der Waals surface area contributed by atoms with Crippen LogP contribution in [0.3, 0.4) is 0 Å². The first-order valence-corrected chi connectivity index (χ1v) is 6.97. The van der Waals surface area contributed by atoms with E-state index in [1.807, 2.05) is 0 Å². The maximum Gasteiger partial charge on any atom is 0.282 e. The van der Waals surface area contributed by atoms with E-state index in [2.05, 4.69) is 18.7 Å². The maximum absolute atomic E-state index is 12.5. The van der Waals surface area contributed by atoms with Gasteiger partial charge in [0.2, 0.25) is 0 Å². The van der Waals surface area contributed by atoms with Gasteiger partial charge in [0.1, 0.15) is 5.56 Å². The molecule has 0 bridgehead atoms. The molecule has 2 N–H and O–H groups in total. The van der Waals surface area contributed by atoms with Crippen molar-refractivity contribution in [3.63, 3.8) is 0 Å². The highest BCUT2D eigenvalue weighted by molar-refractivity contribution is 5.99. The van der Waals surface area contributed by atoms with Gasteiger partial charge in [-0.15, -0.1) is 0 Å². The highest BCUT2D eigenvalue weighted by Gasteiger charge is 2.28. The first-order chi connectivity index (χ1) is 9.90. The molecule has 1 amide bonds. The summed E-state index contributed by atoms with van der Waals surface area (Å²) in [6.07, 6.45) is 0. The first kappa shape index (κ1) is 15.2. The summed E-state index contributed by atoms with van der Waals surface area (Å²) in [5, 5.41) is 11.0. The van der Waals surface area contributed by atoms with Crippen LogP contribution in [-0.4, -0.2) is 52.9 Å². The molecule has 0 spiro atoms. The van der Waals surface area contributed by atoms with Crippen LogP contribution in [0.4, 0.5) is 11.4 Å². The number of amides is 1. The summed E-state index contributed by atoms with van der Waals surface area (Å²) in [5.41, 5.74) is 5.88. The van der Waals surface area contributed by atoms with E-state index in [0.29, 0.717) is 24.8 Å². The molecule has 1 aromatic carbocycles. The average Bonchev–Trinajstić information content (AvgIpc) is 2.46. The minimum Gasteiger partial charge on any atom is -0.399 e. The van der Waals surface area contributed by atoms with Crippen molar-refractivity contribution in [3.8, 4) is 0 Å². The van der Waals surface area contributed by atoms with E-state index in [4.69, 9.17) is 5.73 Å². The Bertz CT molecular complexity index is 551. The van der Waals surface area contributed by atoms with E-state index in [-0.39, 0.29) is 17.2 Å². The average molecular weight is 292 g/mol. The van der Waals surface area contributed by atoms with Crippen molar-refractivity contribution >= 4 is 17.3 Å². The van der Waals surface area contributed by atoms with Crippen LogP contribution in [0.2, 0.25) is 0 Å². The molecule has 1 aromatic rings. The molecule has 21 heavy (non-hydrogen) atoms. The van der Waals surface area contributed by atoms with Gasteiger partial charge in [-0.2, -0.15) is 0 Å². The van der Waals surface area contributed by atoms with Gasteiger partial charge in [0, 0.05) is 44.0 Å². The Labute approximate surface area is 123 Å². The molecule has 0 unspecified atom stereocenters. The van der Waals surface area contributed by atoms with Crippen LogP contribution >= 0.6 is 0 Å². The largest absolute Gasteiger partial charge is 0.399 e. The Kier molecular flexibility index (Phi) is 4.42. The van der Waals surface area contributed by atoms with Crippen LogP contribution in [0.1, 0.15) is 24.2 Å². The Morgan fingerprint density at radius 3 is 2.43 bits per heavy atom. The quantitative estimate of drug-likeness (QED) is 0.515. The Morgan fingerprint density at radius 1 is 1.29 bits per heavy atom. The van der Waals surface area contributed by atoms with Gasteiger partial charge in [-0.1, -0.05) is 0 Å². The fraction of sp³-hybridized carbons (Fsp3) is 0.500. The van der Waals surface area contributed by atoms with Gasteiger partial charge in [0.15, 0.2) is 0 Å². The normalized spacial score (nSPS) is 16.2. The number of nitrogens with two attached hydrogens (primary N) is 1. The molecule has 0 radical (unpaired) electrons. The van der Waals surface area contributed by atoms with Gasteiger partial charge in [0.05, 0.1) is 4.92 Å². The number of benzene rings is 1. The third kappa shape index (κ3) is 3.30. The summed E-state index contributed by atoms with van der Waals surface area (Å²) in [5.74, 6) is -0.322. The molecular weight excluding hydrogens is 272 g/mol. The van der Waals surface area contributed by atoms with E-state index < -0.39 is 4.92 Å². The number of carbonyl (C=O) groups excluding carboxylic acids is 1. The summed E-state index contributed by atoms with van der Waals surface area (Å²) in [7, 11) is 0. The number of anilines is 1. The van der Waals surface area contributed by atoms with Gasteiger partial charge < -0.3 is 10.6 Å². The van der Waals surface area contributed by atoms with Crippen LogP contribution in [0.15, 0.2) is 18.2 Å². The van der Waals surface area contributed by atoms with Crippen LogP contribution in [0.25, 0.3) is 0 Å². The Morgan fingerprint density at radius 2 is 1.90 bits per heavy atom.